The molecule has 11 heteroatoms. The second-order valence-electron chi connectivity index (χ2n) is 7.42. The van der Waals surface area contributed by atoms with Crippen LogP contribution in [0.25, 0.3) is 33.5 Å². The summed E-state index contributed by atoms with van der Waals surface area (Å²) in [5.41, 5.74) is 0.305. The summed E-state index contributed by atoms with van der Waals surface area (Å²) in [5, 5.41) is 26.5. The van der Waals surface area contributed by atoms with Crippen molar-refractivity contribution in [2.75, 3.05) is 7.11 Å². The molecule has 0 bridgehead atoms. The Hall–Kier alpha value is -4.51. The third-order valence-corrected chi connectivity index (χ3v) is 5.90. The molecule has 5 rings (SSSR count). The first-order valence-corrected chi connectivity index (χ1v) is 11.0. The van der Waals surface area contributed by atoms with Crippen LogP contribution < -0.4 is 10.3 Å². The molecule has 2 aromatic heterocycles. The van der Waals surface area contributed by atoms with Crippen LogP contribution in [0.5, 0.6) is 11.5 Å². The summed E-state index contributed by atoms with van der Waals surface area (Å²) < 4.78 is 12.6. The third-order valence-electron chi connectivity index (χ3n) is 5.30. The zero-order valence-corrected chi connectivity index (χ0v) is 19.6. The highest BCUT2D eigenvalue weighted by molar-refractivity contribution is 9.10. The summed E-state index contributed by atoms with van der Waals surface area (Å²) in [6.45, 7) is 0. The van der Waals surface area contributed by atoms with Crippen molar-refractivity contribution in [3.63, 3.8) is 0 Å². The number of phenolic OH excluding ortho intramolecular Hbond substituents is 1. The van der Waals surface area contributed by atoms with E-state index in [1.807, 2.05) is 0 Å². The van der Waals surface area contributed by atoms with Gasteiger partial charge in [-0.25, -0.2) is 4.98 Å². The highest BCUT2D eigenvalue weighted by atomic mass is 79.9. The molecule has 0 saturated carbocycles. The van der Waals surface area contributed by atoms with E-state index in [0.717, 1.165) is 10.7 Å². The van der Waals surface area contributed by atoms with Gasteiger partial charge < -0.3 is 14.3 Å². The second kappa shape index (κ2) is 8.69. The molecule has 0 spiro atoms. The largest absolute Gasteiger partial charge is 0.501 e. The molecule has 0 unspecified atom stereocenters. The zero-order valence-electron chi connectivity index (χ0n) is 18.0. The number of hydrogen-bond donors (Lipinski definition) is 1. The van der Waals surface area contributed by atoms with Crippen LogP contribution in [-0.2, 0) is 0 Å². The van der Waals surface area contributed by atoms with Crippen LogP contribution in [0.15, 0.2) is 79.4 Å². The molecule has 3 aromatic carbocycles. The van der Waals surface area contributed by atoms with Crippen molar-refractivity contribution < 1.29 is 19.2 Å². The lowest BCUT2D eigenvalue weighted by molar-refractivity contribution is -0.386. The van der Waals surface area contributed by atoms with Gasteiger partial charge in [0.2, 0.25) is 11.6 Å². The molecular weight excluding hydrogens is 520 g/mol. The molecule has 0 aliphatic rings. The van der Waals surface area contributed by atoms with Crippen molar-refractivity contribution in [2.45, 2.75) is 0 Å². The number of aromatic nitrogens is 2. The van der Waals surface area contributed by atoms with Crippen LogP contribution in [0, 0.1) is 10.1 Å². The summed E-state index contributed by atoms with van der Waals surface area (Å²) in [4.78, 5) is 28.5. The third kappa shape index (κ3) is 3.91. The maximum Gasteiger partial charge on any atom is 0.312 e. The lowest BCUT2D eigenvalue weighted by Crippen LogP contribution is -2.20. The molecule has 5 aromatic rings. The van der Waals surface area contributed by atoms with Crippen molar-refractivity contribution in [1.29, 1.82) is 0 Å². The van der Waals surface area contributed by atoms with E-state index in [2.05, 4.69) is 26.0 Å². The van der Waals surface area contributed by atoms with E-state index in [1.54, 1.807) is 55.6 Å². The van der Waals surface area contributed by atoms with E-state index in [1.165, 1.54) is 12.3 Å². The fourth-order valence-corrected chi connectivity index (χ4v) is 4.12. The predicted octanol–water partition coefficient (Wildman–Crippen LogP) is 5.08. The van der Waals surface area contributed by atoms with Gasteiger partial charge in [-0.2, -0.15) is 9.78 Å². The van der Waals surface area contributed by atoms with E-state index < -0.39 is 21.9 Å². The van der Waals surface area contributed by atoms with Gasteiger partial charge in [0.15, 0.2) is 5.76 Å². The Labute approximate surface area is 205 Å². The normalized spacial score (nSPS) is 11.5. The number of phenols is 1. The van der Waals surface area contributed by atoms with Crippen molar-refractivity contribution >= 4 is 49.7 Å². The van der Waals surface area contributed by atoms with Crippen LogP contribution in [0.3, 0.4) is 0 Å². The minimum absolute atomic E-state index is 0.113. The van der Waals surface area contributed by atoms with E-state index >= 15 is 0 Å². The number of halogens is 1. The Balaban J connectivity index is 1.73. The minimum Gasteiger partial charge on any atom is -0.501 e. The molecule has 35 heavy (non-hydrogen) atoms. The summed E-state index contributed by atoms with van der Waals surface area (Å²) in [6.07, 6.45) is 1.27. The molecule has 174 valence electrons. The molecule has 0 atom stereocenters. The minimum atomic E-state index is -0.714. The number of nitrogens with zero attached hydrogens (tertiary/aromatic N) is 4. The van der Waals surface area contributed by atoms with Gasteiger partial charge in [-0.05, 0) is 52.3 Å². The number of furan rings is 1. The molecule has 0 radical (unpaired) electrons. The van der Waals surface area contributed by atoms with Gasteiger partial charge in [0.05, 0.1) is 39.0 Å². The zero-order chi connectivity index (χ0) is 24.7. The summed E-state index contributed by atoms with van der Waals surface area (Å²) in [7, 11) is 1.55. The first-order chi connectivity index (χ1) is 16.9. The van der Waals surface area contributed by atoms with Gasteiger partial charge in [-0.1, -0.05) is 18.2 Å². The number of benzene rings is 3. The maximum absolute atomic E-state index is 13.4. The van der Waals surface area contributed by atoms with Gasteiger partial charge in [0.1, 0.15) is 11.3 Å². The highest BCUT2D eigenvalue weighted by Crippen LogP contribution is 2.35. The first kappa shape index (κ1) is 22.3. The average molecular weight is 535 g/mol. The van der Waals surface area contributed by atoms with Gasteiger partial charge in [0.25, 0.3) is 5.56 Å². The topological polar surface area (TPSA) is 133 Å². The number of rotatable bonds is 5. The molecular formula is C24H15BrN4O6. The van der Waals surface area contributed by atoms with Gasteiger partial charge >= 0.3 is 5.69 Å². The molecule has 0 saturated heterocycles. The van der Waals surface area contributed by atoms with Crippen molar-refractivity contribution in [3.8, 4) is 23.1 Å². The second-order valence-corrected chi connectivity index (χ2v) is 8.28. The van der Waals surface area contributed by atoms with Gasteiger partial charge in [0, 0.05) is 11.6 Å². The number of hydrogen-bond acceptors (Lipinski definition) is 8. The smallest absolute Gasteiger partial charge is 0.312 e. The van der Waals surface area contributed by atoms with Crippen molar-refractivity contribution in [2.24, 2.45) is 5.10 Å². The molecule has 0 amide bonds. The van der Waals surface area contributed by atoms with E-state index in [4.69, 9.17) is 9.15 Å². The van der Waals surface area contributed by atoms with Crippen LogP contribution in [0.4, 0.5) is 5.69 Å². The van der Waals surface area contributed by atoms with Crippen LogP contribution in [0.1, 0.15) is 5.56 Å². The lowest BCUT2D eigenvalue weighted by atomic mass is 10.2. The maximum atomic E-state index is 13.4. The Bertz CT molecular complexity index is 1720. The van der Waals surface area contributed by atoms with E-state index in [9.17, 15) is 20.0 Å². The summed E-state index contributed by atoms with van der Waals surface area (Å²) >= 11 is 3.10. The Morgan fingerprint density at radius 3 is 2.74 bits per heavy atom. The number of fused-ring (bicyclic) bond motifs is 2. The van der Waals surface area contributed by atoms with Crippen LogP contribution in [0.2, 0.25) is 0 Å². The average Bonchev–Trinajstić information content (AvgIpc) is 3.29. The molecule has 2 heterocycles. The van der Waals surface area contributed by atoms with Crippen molar-refractivity contribution in [3.05, 3.63) is 91.2 Å². The van der Waals surface area contributed by atoms with E-state index in [-0.39, 0.29) is 21.6 Å². The Morgan fingerprint density at radius 1 is 1.17 bits per heavy atom. The number of aromatic hydroxyl groups is 1. The lowest BCUT2D eigenvalue weighted by Gasteiger charge is -2.07. The molecule has 0 aliphatic carbocycles. The Morgan fingerprint density at radius 2 is 1.97 bits per heavy atom. The molecule has 0 aliphatic heterocycles. The number of methoxy groups -OCH3 is 1. The quantitative estimate of drug-likeness (QED) is 0.189. The highest BCUT2D eigenvalue weighted by Gasteiger charge is 2.19. The summed E-state index contributed by atoms with van der Waals surface area (Å²) in [5.74, 6) is 0.503. The number of ether oxygens (including phenoxy) is 1. The van der Waals surface area contributed by atoms with Gasteiger partial charge in [-0.15, -0.1) is 0 Å². The fourth-order valence-electron chi connectivity index (χ4n) is 3.66. The molecule has 0 fully saturated rings. The number of nitro benzene ring substituents is 1. The molecule has 10 nitrogen and oxygen atoms in total. The van der Waals surface area contributed by atoms with Gasteiger partial charge in [-0.3, -0.25) is 14.9 Å². The standard InChI is InChI=1S/C24H15BrN4O6/c1-34-19-7-4-8-20-15(19)11-21(35-20)23-27-17-6-3-2-5-14(17)24(31)28(23)26-12-13-9-16(25)22(30)18(10-13)29(32)33/h2-12,30H,1H3. The van der Waals surface area contributed by atoms with Crippen LogP contribution in [-0.4, -0.2) is 33.0 Å². The monoisotopic (exact) mass is 534 g/mol. The fraction of sp³-hybridized carbons (Fsp3) is 0.0417. The van der Waals surface area contributed by atoms with E-state index in [0.29, 0.717) is 27.6 Å². The predicted molar refractivity (Wildman–Crippen MR) is 133 cm³/mol. The van der Waals surface area contributed by atoms with Crippen LogP contribution >= 0.6 is 15.9 Å². The van der Waals surface area contributed by atoms with Crippen molar-refractivity contribution in [1.82, 2.24) is 9.66 Å². The first-order valence-electron chi connectivity index (χ1n) is 10.2. The number of nitro groups is 1. The molecule has 1 N–H and O–H groups in total. The summed E-state index contributed by atoms with van der Waals surface area (Å²) in [6, 6.07) is 16.4. The Kier molecular flexibility index (Phi) is 5.53. The number of para-hydroxylation sites is 1. The SMILES string of the molecule is COc1cccc2oc(-c3nc4ccccc4c(=O)n3N=Cc3cc(Br)c(O)c([N+](=O)[O-])c3)cc12.